The Morgan fingerprint density at radius 2 is 0.761 bits per heavy atom. The molecule has 0 atom stereocenters. The van der Waals surface area contributed by atoms with Crippen LogP contribution in [0.3, 0.4) is 0 Å². The van der Waals surface area contributed by atoms with Gasteiger partial charge in [0.05, 0.1) is 55.8 Å². The Balaban J connectivity index is 0.852. The molecule has 0 fully saturated rings. The van der Waals surface area contributed by atoms with Gasteiger partial charge in [-0.1, -0.05) is 211 Å². The van der Waals surface area contributed by atoms with Crippen LogP contribution in [-0.2, 0) is 10.8 Å². The lowest BCUT2D eigenvalue weighted by Gasteiger charge is -2.28. The van der Waals surface area contributed by atoms with Gasteiger partial charge in [0.25, 0.3) is 0 Å². The standard InChI is InChI=1S/C82H62N4O2/c1-47-37-43-58-56-28-15-25-53(49-39-41-50(42-40-49)81(3,4)5)77(56)87-79(58)73(47)83(51-21-11-9-12-22-51)65-33-19-35-67-71(65)60-30-16-26-54-62-46-70-63(45-69(62)85(67)75(54)60)55-27-17-31-61-72-66(34-20-36-68(72)86(70)76(55)61)84(52-23-13-10-14-24-52)74-48(2)38-44-59-57-29-18-32-64(82(6,7)8)78(57)88-80(59)74/h9-46H,1-8H3. The van der Waals surface area contributed by atoms with Gasteiger partial charge in [-0.2, -0.15) is 0 Å². The van der Waals surface area contributed by atoms with Crippen LogP contribution in [0.4, 0.5) is 34.1 Å². The molecule has 0 unspecified atom stereocenters. The predicted octanol–water partition coefficient (Wildman–Crippen LogP) is 23.6. The Labute approximate surface area is 508 Å². The molecular formula is C82H62N4O2. The summed E-state index contributed by atoms with van der Waals surface area (Å²) in [4.78, 5) is 4.91. The van der Waals surface area contributed by atoms with Gasteiger partial charge in [0.2, 0.25) is 0 Å². The molecule has 422 valence electrons. The molecule has 0 aliphatic rings. The first-order chi connectivity index (χ1) is 42.8. The van der Waals surface area contributed by atoms with E-state index in [0.29, 0.717) is 0 Å². The highest BCUT2D eigenvalue weighted by Crippen LogP contribution is 2.54. The SMILES string of the molecule is Cc1ccc2c(oc3c(-c4ccc(C(C)(C)C)cc4)cccc32)c1N(c1ccccc1)c1cccc2c1c1cccc3c4cc5c(cc4n2c31)c1cccc2c3c(N(c4ccccc4)c4c(C)ccc6c4oc4c(C(C)(C)C)cccc46)cccc3n5c12. The number of furan rings is 2. The minimum atomic E-state index is -0.102. The zero-order chi connectivity index (χ0) is 59.2. The maximum absolute atomic E-state index is 7.31. The Hall–Kier alpha value is -10.6. The topological polar surface area (TPSA) is 41.6 Å². The smallest absolute Gasteiger partial charge is 0.159 e. The molecule has 0 bridgehead atoms. The number of benzene rings is 12. The van der Waals surface area contributed by atoms with Crippen molar-refractivity contribution in [3.63, 3.8) is 0 Å². The average Bonchev–Trinajstić information content (AvgIpc) is 1.56. The molecule has 0 radical (unpaired) electrons. The molecule has 6 heterocycles. The molecule has 0 N–H and O–H groups in total. The fraction of sp³-hybridized carbons (Fsp3) is 0.122. The number of para-hydroxylation sites is 6. The second kappa shape index (κ2) is 18.0. The van der Waals surface area contributed by atoms with Crippen LogP contribution >= 0.6 is 0 Å². The van der Waals surface area contributed by atoms with Crippen LogP contribution in [0, 0.1) is 13.8 Å². The molecule has 6 aromatic heterocycles. The van der Waals surface area contributed by atoms with Crippen LogP contribution in [0.1, 0.15) is 63.8 Å². The summed E-state index contributed by atoms with van der Waals surface area (Å²) in [5.74, 6) is 0. The van der Waals surface area contributed by atoms with E-state index in [4.69, 9.17) is 8.83 Å². The van der Waals surface area contributed by atoms with Gasteiger partial charge in [0.15, 0.2) is 11.2 Å². The van der Waals surface area contributed by atoms with E-state index in [0.717, 1.165) is 111 Å². The van der Waals surface area contributed by atoms with Gasteiger partial charge in [-0.3, -0.25) is 0 Å². The van der Waals surface area contributed by atoms with Crippen LogP contribution in [-0.4, -0.2) is 8.80 Å². The van der Waals surface area contributed by atoms with Gasteiger partial charge in [-0.05, 0) is 108 Å². The third kappa shape index (κ3) is 6.94. The molecule has 18 rings (SSSR count). The predicted molar refractivity (Wildman–Crippen MR) is 372 cm³/mol. The van der Waals surface area contributed by atoms with Crippen molar-refractivity contribution in [2.75, 3.05) is 9.80 Å². The summed E-state index contributed by atoms with van der Waals surface area (Å²) in [6.45, 7) is 18.0. The number of nitrogens with zero attached hydrogens (tertiary/aromatic N) is 4. The molecule has 0 saturated heterocycles. The van der Waals surface area contributed by atoms with Crippen molar-refractivity contribution < 1.29 is 8.83 Å². The van der Waals surface area contributed by atoms with Gasteiger partial charge >= 0.3 is 0 Å². The summed E-state index contributed by atoms with van der Waals surface area (Å²) in [6.07, 6.45) is 0. The normalized spacial score (nSPS) is 12.8. The van der Waals surface area contributed by atoms with Crippen molar-refractivity contribution in [3.05, 3.63) is 253 Å². The lowest BCUT2D eigenvalue weighted by molar-refractivity contribution is 0.573. The largest absolute Gasteiger partial charge is 0.454 e. The summed E-state index contributed by atoms with van der Waals surface area (Å²) >= 11 is 0. The van der Waals surface area contributed by atoms with Crippen molar-refractivity contribution in [2.45, 2.75) is 66.2 Å². The maximum atomic E-state index is 7.31. The van der Waals surface area contributed by atoms with Crippen molar-refractivity contribution in [1.29, 1.82) is 0 Å². The van der Waals surface area contributed by atoms with E-state index in [9.17, 15) is 0 Å². The van der Waals surface area contributed by atoms with Crippen LogP contribution in [0.15, 0.2) is 239 Å². The zero-order valence-corrected chi connectivity index (χ0v) is 50.5. The molecule has 0 aliphatic carbocycles. The third-order valence-corrected chi connectivity index (χ3v) is 19.3. The highest BCUT2D eigenvalue weighted by Gasteiger charge is 2.31. The molecule has 6 heteroatoms. The Morgan fingerprint density at radius 3 is 1.26 bits per heavy atom. The van der Waals surface area contributed by atoms with Crippen molar-refractivity contribution in [1.82, 2.24) is 8.80 Å². The first-order valence-corrected chi connectivity index (χ1v) is 30.8. The first kappa shape index (κ1) is 50.7. The number of fused-ring (bicyclic) bond motifs is 18. The number of aromatic nitrogens is 2. The van der Waals surface area contributed by atoms with Crippen molar-refractivity contribution >= 4 is 154 Å². The maximum Gasteiger partial charge on any atom is 0.159 e. The quantitative estimate of drug-likeness (QED) is 0.159. The molecule has 18 aromatic rings. The summed E-state index contributed by atoms with van der Waals surface area (Å²) in [6, 6.07) is 85.3. The van der Waals surface area contributed by atoms with Gasteiger partial charge in [-0.25, -0.2) is 0 Å². The number of hydrogen-bond donors (Lipinski definition) is 0. The highest BCUT2D eigenvalue weighted by atomic mass is 16.3. The Morgan fingerprint density at radius 1 is 0.330 bits per heavy atom. The van der Waals surface area contributed by atoms with E-state index in [-0.39, 0.29) is 10.8 Å². The third-order valence-electron chi connectivity index (χ3n) is 19.3. The molecule has 88 heavy (non-hydrogen) atoms. The van der Waals surface area contributed by atoms with Gasteiger partial charge in [0, 0.05) is 87.1 Å². The van der Waals surface area contributed by atoms with E-state index >= 15 is 0 Å². The van der Waals surface area contributed by atoms with E-state index in [1.54, 1.807) is 0 Å². The molecule has 0 saturated carbocycles. The lowest BCUT2D eigenvalue weighted by Crippen LogP contribution is -2.12. The van der Waals surface area contributed by atoms with Gasteiger partial charge in [0.1, 0.15) is 11.2 Å². The van der Waals surface area contributed by atoms with E-state index in [1.165, 1.54) is 76.3 Å². The van der Waals surface area contributed by atoms with Crippen molar-refractivity contribution in [2.24, 2.45) is 0 Å². The number of rotatable bonds is 7. The Bertz CT molecular complexity index is 5910. The first-order valence-electron chi connectivity index (χ1n) is 30.8. The van der Waals surface area contributed by atoms with Crippen LogP contribution in [0.2, 0.25) is 0 Å². The number of anilines is 6. The fourth-order valence-corrected chi connectivity index (χ4v) is 15.2. The monoisotopic (exact) mass is 1130 g/mol. The van der Waals surface area contributed by atoms with Crippen LogP contribution in [0.5, 0.6) is 0 Å². The molecule has 0 amide bonds. The average molecular weight is 1140 g/mol. The number of aryl methyl sites for hydroxylation is 2. The second-order valence-corrected chi connectivity index (χ2v) is 26.5. The lowest BCUT2D eigenvalue weighted by atomic mass is 9.86. The van der Waals surface area contributed by atoms with E-state index < -0.39 is 0 Å². The summed E-state index contributed by atoms with van der Waals surface area (Å²) in [5, 5.41) is 14.2. The second-order valence-electron chi connectivity index (χ2n) is 26.5. The summed E-state index contributed by atoms with van der Waals surface area (Å²) in [7, 11) is 0. The van der Waals surface area contributed by atoms with Crippen molar-refractivity contribution in [3.8, 4) is 11.1 Å². The van der Waals surface area contributed by atoms with E-state index in [2.05, 4.69) is 305 Å². The number of hydrogen-bond acceptors (Lipinski definition) is 4. The fourth-order valence-electron chi connectivity index (χ4n) is 15.2. The van der Waals surface area contributed by atoms with Crippen LogP contribution in [0.25, 0.3) is 131 Å². The summed E-state index contributed by atoms with van der Waals surface area (Å²) < 4.78 is 19.6. The highest BCUT2D eigenvalue weighted by molar-refractivity contribution is 6.32. The van der Waals surface area contributed by atoms with Gasteiger partial charge in [-0.15, -0.1) is 0 Å². The van der Waals surface area contributed by atoms with Crippen LogP contribution < -0.4 is 9.80 Å². The molecule has 0 spiro atoms. The molecule has 0 aliphatic heterocycles. The van der Waals surface area contributed by atoms with Gasteiger partial charge < -0.3 is 27.4 Å². The molecular weight excluding hydrogens is 1070 g/mol. The molecule has 6 nitrogen and oxygen atoms in total. The minimum Gasteiger partial charge on any atom is -0.454 e. The Kier molecular flexibility index (Phi) is 10.4. The zero-order valence-electron chi connectivity index (χ0n) is 50.5. The minimum absolute atomic E-state index is 0.0559. The summed E-state index contributed by atoms with van der Waals surface area (Å²) in [5.41, 5.74) is 24.1. The van der Waals surface area contributed by atoms with E-state index in [1.807, 2.05) is 0 Å². The molecule has 12 aromatic carbocycles.